The summed E-state index contributed by atoms with van der Waals surface area (Å²) in [6.07, 6.45) is 2.18. The Morgan fingerprint density at radius 2 is 1.87 bits per heavy atom. The van der Waals surface area contributed by atoms with Crippen molar-refractivity contribution < 1.29 is 9.18 Å². The number of amides is 1. The topological polar surface area (TPSA) is 54.0 Å². The molecule has 122 valence electrons. The number of carbonyl (C=O) groups excluding carboxylic acids is 1. The lowest BCUT2D eigenvalue weighted by molar-refractivity contribution is -0.116. The Kier molecular flexibility index (Phi) is 5.45. The van der Waals surface area contributed by atoms with Crippen molar-refractivity contribution in [2.24, 2.45) is 0 Å². The summed E-state index contributed by atoms with van der Waals surface area (Å²) >= 11 is 0. The first-order valence-electron chi connectivity index (χ1n) is 7.60. The van der Waals surface area contributed by atoms with E-state index in [1.807, 2.05) is 25.3 Å². The smallest absolute Gasteiger partial charge is 0.225 e. The molecule has 1 aromatic heterocycles. The lowest BCUT2D eigenvalue weighted by atomic mass is 9.95. The van der Waals surface area contributed by atoms with Crippen molar-refractivity contribution in [2.45, 2.75) is 32.7 Å². The van der Waals surface area contributed by atoms with Crippen LogP contribution in [0.4, 0.5) is 10.1 Å². The third kappa shape index (κ3) is 5.14. The normalized spacial score (nSPS) is 11.3. The molecule has 2 rings (SSSR count). The number of benzene rings is 1. The van der Waals surface area contributed by atoms with Gasteiger partial charge in [0.05, 0.1) is 0 Å². The molecule has 1 heterocycles. The van der Waals surface area contributed by atoms with E-state index in [0.29, 0.717) is 18.7 Å². The summed E-state index contributed by atoms with van der Waals surface area (Å²) in [5, 5.41) is 6.10. The number of anilines is 1. The minimum Gasteiger partial charge on any atom is -0.326 e. The van der Waals surface area contributed by atoms with Crippen LogP contribution in [0, 0.1) is 12.7 Å². The van der Waals surface area contributed by atoms with Crippen molar-refractivity contribution in [3.63, 3.8) is 0 Å². The third-order valence-electron chi connectivity index (χ3n) is 3.68. The standard InChI is InChI=1S/C18H22FN3O/c1-13-4-5-14(12-20-13)18(2,3)21-11-10-17(23)22-16-8-6-15(19)7-9-16/h4-9,12,21H,10-11H2,1-3H3,(H,22,23). The molecule has 0 aliphatic rings. The lowest BCUT2D eigenvalue weighted by Crippen LogP contribution is -2.38. The van der Waals surface area contributed by atoms with Crippen LogP contribution < -0.4 is 10.6 Å². The molecule has 2 aromatic rings. The van der Waals surface area contributed by atoms with Crippen LogP contribution in [0.3, 0.4) is 0 Å². The molecule has 0 spiro atoms. The number of nitrogens with one attached hydrogen (secondary N) is 2. The van der Waals surface area contributed by atoms with E-state index in [1.165, 1.54) is 12.1 Å². The molecular weight excluding hydrogens is 293 g/mol. The SMILES string of the molecule is Cc1ccc(C(C)(C)NCCC(=O)Nc2ccc(F)cc2)cn1. The van der Waals surface area contributed by atoms with E-state index in [0.717, 1.165) is 11.3 Å². The maximum atomic E-state index is 12.8. The van der Waals surface area contributed by atoms with Crippen molar-refractivity contribution in [1.82, 2.24) is 10.3 Å². The van der Waals surface area contributed by atoms with E-state index in [1.54, 1.807) is 12.1 Å². The molecule has 0 fully saturated rings. The van der Waals surface area contributed by atoms with Gasteiger partial charge in [0.2, 0.25) is 5.91 Å². The van der Waals surface area contributed by atoms with Gasteiger partial charge in [0, 0.05) is 36.1 Å². The molecule has 0 bridgehead atoms. The highest BCUT2D eigenvalue weighted by atomic mass is 19.1. The van der Waals surface area contributed by atoms with Gasteiger partial charge in [0.25, 0.3) is 0 Å². The zero-order chi connectivity index (χ0) is 16.9. The molecule has 0 aliphatic carbocycles. The van der Waals surface area contributed by atoms with E-state index in [-0.39, 0.29) is 17.3 Å². The average Bonchev–Trinajstić information content (AvgIpc) is 2.50. The molecule has 0 aliphatic heterocycles. The molecule has 0 saturated carbocycles. The summed E-state index contributed by atoms with van der Waals surface area (Å²) < 4.78 is 12.8. The first-order chi connectivity index (χ1) is 10.9. The molecule has 0 radical (unpaired) electrons. The summed E-state index contributed by atoms with van der Waals surface area (Å²) in [7, 11) is 0. The zero-order valence-electron chi connectivity index (χ0n) is 13.7. The summed E-state index contributed by atoms with van der Waals surface area (Å²) in [5.74, 6) is -0.430. The Balaban J connectivity index is 1.82. The Hall–Kier alpha value is -2.27. The first kappa shape index (κ1) is 17.1. The number of hydrogen-bond donors (Lipinski definition) is 2. The molecule has 0 saturated heterocycles. The Labute approximate surface area is 136 Å². The van der Waals surface area contributed by atoms with E-state index in [9.17, 15) is 9.18 Å². The number of halogens is 1. The van der Waals surface area contributed by atoms with E-state index >= 15 is 0 Å². The predicted molar refractivity (Wildman–Crippen MR) is 89.6 cm³/mol. The number of hydrogen-bond acceptors (Lipinski definition) is 3. The molecule has 23 heavy (non-hydrogen) atoms. The number of aromatic nitrogens is 1. The molecule has 1 amide bonds. The van der Waals surface area contributed by atoms with Crippen molar-refractivity contribution >= 4 is 11.6 Å². The van der Waals surface area contributed by atoms with Crippen molar-refractivity contribution in [2.75, 3.05) is 11.9 Å². The summed E-state index contributed by atoms with van der Waals surface area (Å²) in [5.41, 5.74) is 2.38. The molecule has 5 heteroatoms. The van der Waals surface area contributed by atoms with Gasteiger partial charge < -0.3 is 10.6 Å². The van der Waals surface area contributed by atoms with Gasteiger partial charge in [-0.3, -0.25) is 9.78 Å². The highest BCUT2D eigenvalue weighted by Crippen LogP contribution is 2.19. The molecule has 4 nitrogen and oxygen atoms in total. The summed E-state index contributed by atoms with van der Waals surface area (Å²) in [4.78, 5) is 16.2. The molecule has 0 unspecified atom stereocenters. The third-order valence-corrected chi connectivity index (χ3v) is 3.68. The van der Waals surface area contributed by atoms with Crippen LogP contribution >= 0.6 is 0 Å². The van der Waals surface area contributed by atoms with E-state index in [2.05, 4.69) is 29.5 Å². The van der Waals surface area contributed by atoms with Crippen LogP contribution in [-0.2, 0) is 10.3 Å². The largest absolute Gasteiger partial charge is 0.326 e. The molecule has 1 aromatic carbocycles. The predicted octanol–water partition coefficient (Wildman–Crippen LogP) is 3.38. The van der Waals surface area contributed by atoms with Gasteiger partial charge >= 0.3 is 0 Å². The lowest BCUT2D eigenvalue weighted by Gasteiger charge is -2.26. The van der Waals surface area contributed by atoms with Crippen LogP contribution in [0.25, 0.3) is 0 Å². The van der Waals surface area contributed by atoms with Gasteiger partial charge in [-0.05, 0) is 56.7 Å². The number of aryl methyl sites for hydroxylation is 1. The summed E-state index contributed by atoms with van der Waals surface area (Å²) in [6.45, 7) is 6.59. The fourth-order valence-electron chi connectivity index (χ4n) is 2.18. The monoisotopic (exact) mass is 315 g/mol. The van der Waals surface area contributed by atoms with Crippen LogP contribution in [0.2, 0.25) is 0 Å². The number of pyridine rings is 1. The molecular formula is C18H22FN3O. The van der Waals surface area contributed by atoms with Gasteiger partial charge in [-0.2, -0.15) is 0 Å². The van der Waals surface area contributed by atoms with Gasteiger partial charge in [-0.15, -0.1) is 0 Å². The second kappa shape index (κ2) is 7.33. The van der Waals surface area contributed by atoms with Crippen molar-refractivity contribution in [1.29, 1.82) is 0 Å². The van der Waals surface area contributed by atoms with Crippen LogP contribution in [0.15, 0.2) is 42.6 Å². The van der Waals surface area contributed by atoms with Crippen LogP contribution in [0.5, 0.6) is 0 Å². The Bertz CT molecular complexity index is 651. The molecule has 2 N–H and O–H groups in total. The quantitative estimate of drug-likeness (QED) is 0.859. The van der Waals surface area contributed by atoms with Crippen molar-refractivity contribution in [3.05, 3.63) is 59.7 Å². The van der Waals surface area contributed by atoms with Crippen LogP contribution in [0.1, 0.15) is 31.5 Å². The molecule has 0 atom stereocenters. The van der Waals surface area contributed by atoms with Gasteiger partial charge in [0.15, 0.2) is 0 Å². The highest BCUT2D eigenvalue weighted by Gasteiger charge is 2.20. The summed E-state index contributed by atoms with van der Waals surface area (Å²) in [6, 6.07) is 9.74. The number of rotatable bonds is 6. The fourth-order valence-corrected chi connectivity index (χ4v) is 2.18. The second-order valence-corrected chi connectivity index (χ2v) is 6.05. The maximum Gasteiger partial charge on any atom is 0.225 e. The Morgan fingerprint density at radius 1 is 1.17 bits per heavy atom. The first-order valence-corrected chi connectivity index (χ1v) is 7.60. The maximum absolute atomic E-state index is 12.8. The fraction of sp³-hybridized carbons (Fsp3) is 0.333. The van der Waals surface area contributed by atoms with E-state index in [4.69, 9.17) is 0 Å². The Morgan fingerprint density at radius 3 is 2.48 bits per heavy atom. The van der Waals surface area contributed by atoms with Gasteiger partial charge in [-0.1, -0.05) is 6.07 Å². The van der Waals surface area contributed by atoms with Crippen LogP contribution in [-0.4, -0.2) is 17.4 Å². The van der Waals surface area contributed by atoms with Gasteiger partial charge in [-0.25, -0.2) is 4.39 Å². The van der Waals surface area contributed by atoms with E-state index < -0.39 is 0 Å². The second-order valence-electron chi connectivity index (χ2n) is 6.05. The zero-order valence-corrected chi connectivity index (χ0v) is 13.7. The minimum absolute atomic E-state index is 0.109. The number of nitrogens with zero attached hydrogens (tertiary/aromatic N) is 1. The van der Waals surface area contributed by atoms with Gasteiger partial charge in [0.1, 0.15) is 5.82 Å². The highest BCUT2D eigenvalue weighted by molar-refractivity contribution is 5.90. The van der Waals surface area contributed by atoms with Crippen molar-refractivity contribution in [3.8, 4) is 0 Å². The number of carbonyl (C=O) groups is 1. The minimum atomic E-state index is -0.321. The average molecular weight is 315 g/mol.